The zero-order chi connectivity index (χ0) is 21.8. The number of pyridine rings is 1. The van der Waals surface area contributed by atoms with Gasteiger partial charge in [-0.2, -0.15) is 0 Å². The molecule has 0 radical (unpaired) electrons. The molecule has 1 fully saturated rings. The van der Waals surface area contributed by atoms with Gasteiger partial charge in [-0.1, -0.05) is 18.2 Å². The minimum absolute atomic E-state index is 0.0473. The highest BCUT2D eigenvalue weighted by Gasteiger charge is 2.35. The van der Waals surface area contributed by atoms with E-state index >= 15 is 0 Å². The van der Waals surface area contributed by atoms with Crippen molar-refractivity contribution in [2.24, 2.45) is 5.92 Å². The molecular formula is C23H19FN4O3. The third-order valence-corrected chi connectivity index (χ3v) is 4.96. The standard InChI is InChI=1S/C23H19FN4O3/c24-16-8-10-17(11-9-16)28-14-15(13-21(28)29)22(30)26-18-5-1-2-6-19(18)27-23(31)20-7-3-4-12-25-20/h1-12,15H,13-14H2,(H,26,30)(H,27,31)/t15-/m1/s1. The summed E-state index contributed by atoms with van der Waals surface area (Å²) in [6, 6.07) is 17.4. The van der Waals surface area contributed by atoms with E-state index in [4.69, 9.17) is 0 Å². The van der Waals surface area contributed by atoms with Gasteiger partial charge in [0, 0.05) is 24.8 Å². The van der Waals surface area contributed by atoms with Crippen LogP contribution in [0.3, 0.4) is 0 Å². The van der Waals surface area contributed by atoms with Gasteiger partial charge >= 0.3 is 0 Å². The van der Waals surface area contributed by atoms with Crippen LogP contribution >= 0.6 is 0 Å². The Labute approximate surface area is 177 Å². The van der Waals surface area contributed by atoms with Crippen molar-refractivity contribution in [3.8, 4) is 0 Å². The van der Waals surface area contributed by atoms with Crippen molar-refractivity contribution in [2.45, 2.75) is 6.42 Å². The molecule has 7 nitrogen and oxygen atoms in total. The summed E-state index contributed by atoms with van der Waals surface area (Å²) in [5, 5.41) is 5.54. The smallest absolute Gasteiger partial charge is 0.274 e. The average Bonchev–Trinajstić information content (AvgIpc) is 3.18. The fraction of sp³-hybridized carbons (Fsp3) is 0.130. The fourth-order valence-corrected chi connectivity index (χ4v) is 3.37. The minimum Gasteiger partial charge on any atom is -0.324 e. The number of rotatable bonds is 5. The number of carbonyl (C=O) groups is 3. The van der Waals surface area contributed by atoms with E-state index in [2.05, 4.69) is 15.6 Å². The Balaban J connectivity index is 1.45. The average molecular weight is 418 g/mol. The van der Waals surface area contributed by atoms with Gasteiger partial charge in [0.25, 0.3) is 5.91 Å². The number of nitrogens with zero attached hydrogens (tertiary/aromatic N) is 2. The van der Waals surface area contributed by atoms with E-state index in [1.165, 1.54) is 35.4 Å². The molecule has 0 bridgehead atoms. The lowest BCUT2D eigenvalue weighted by Gasteiger charge is -2.17. The number of halogens is 1. The quantitative estimate of drug-likeness (QED) is 0.664. The Morgan fingerprint density at radius 2 is 1.61 bits per heavy atom. The number of benzene rings is 2. The lowest BCUT2D eigenvalue weighted by atomic mass is 10.1. The first-order valence-corrected chi connectivity index (χ1v) is 9.69. The number of hydrogen-bond acceptors (Lipinski definition) is 4. The third-order valence-electron chi connectivity index (χ3n) is 4.96. The highest BCUT2D eigenvalue weighted by atomic mass is 19.1. The summed E-state index contributed by atoms with van der Waals surface area (Å²) >= 11 is 0. The number of aromatic nitrogens is 1. The molecule has 1 saturated heterocycles. The molecule has 156 valence electrons. The molecule has 1 aliphatic rings. The number of nitrogens with one attached hydrogen (secondary N) is 2. The van der Waals surface area contributed by atoms with E-state index in [1.807, 2.05) is 0 Å². The van der Waals surface area contributed by atoms with Gasteiger partial charge in [-0.25, -0.2) is 4.39 Å². The van der Waals surface area contributed by atoms with E-state index in [1.54, 1.807) is 42.5 Å². The summed E-state index contributed by atoms with van der Waals surface area (Å²) in [6.07, 6.45) is 1.57. The van der Waals surface area contributed by atoms with Crippen LogP contribution in [-0.2, 0) is 9.59 Å². The molecule has 4 rings (SSSR count). The van der Waals surface area contributed by atoms with Crippen molar-refractivity contribution in [1.29, 1.82) is 0 Å². The Morgan fingerprint density at radius 1 is 0.935 bits per heavy atom. The van der Waals surface area contributed by atoms with Crippen LogP contribution in [-0.4, -0.2) is 29.3 Å². The zero-order valence-electron chi connectivity index (χ0n) is 16.4. The molecule has 0 spiro atoms. The van der Waals surface area contributed by atoms with Crippen molar-refractivity contribution >= 4 is 34.8 Å². The predicted molar refractivity (Wildman–Crippen MR) is 114 cm³/mol. The van der Waals surface area contributed by atoms with Crippen molar-refractivity contribution < 1.29 is 18.8 Å². The summed E-state index contributed by atoms with van der Waals surface area (Å²) in [6.45, 7) is 0.193. The van der Waals surface area contributed by atoms with E-state index in [0.717, 1.165) is 0 Å². The van der Waals surface area contributed by atoms with Crippen molar-refractivity contribution in [2.75, 3.05) is 22.1 Å². The van der Waals surface area contributed by atoms with Gasteiger partial charge in [0.2, 0.25) is 11.8 Å². The van der Waals surface area contributed by atoms with Gasteiger partial charge < -0.3 is 15.5 Å². The molecular weight excluding hydrogens is 399 g/mol. The monoisotopic (exact) mass is 418 g/mol. The normalized spacial score (nSPS) is 15.6. The molecule has 1 aliphatic heterocycles. The van der Waals surface area contributed by atoms with E-state index in [-0.39, 0.29) is 30.5 Å². The van der Waals surface area contributed by atoms with E-state index in [9.17, 15) is 18.8 Å². The van der Waals surface area contributed by atoms with Crippen LogP contribution in [0.15, 0.2) is 72.9 Å². The van der Waals surface area contributed by atoms with Crippen LogP contribution in [0.5, 0.6) is 0 Å². The van der Waals surface area contributed by atoms with Crippen molar-refractivity contribution in [1.82, 2.24) is 4.98 Å². The molecule has 1 aromatic heterocycles. The molecule has 2 aromatic carbocycles. The molecule has 1 atom stereocenters. The maximum absolute atomic E-state index is 13.2. The molecule has 2 heterocycles. The van der Waals surface area contributed by atoms with Crippen LogP contribution in [0.2, 0.25) is 0 Å². The zero-order valence-corrected chi connectivity index (χ0v) is 16.4. The molecule has 0 unspecified atom stereocenters. The number of para-hydroxylation sites is 2. The predicted octanol–water partition coefficient (Wildman–Crippen LogP) is 3.46. The van der Waals surface area contributed by atoms with Crippen LogP contribution in [0, 0.1) is 11.7 Å². The molecule has 31 heavy (non-hydrogen) atoms. The Hall–Kier alpha value is -4.07. The second kappa shape index (κ2) is 8.74. The first-order valence-electron chi connectivity index (χ1n) is 9.69. The van der Waals surface area contributed by atoms with Gasteiger partial charge in [0.15, 0.2) is 0 Å². The first-order chi connectivity index (χ1) is 15.0. The van der Waals surface area contributed by atoms with Crippen LogP contribution in [0.1, 0.15) is 16.9 Å². The second-order valence-corrected chi connectivity index (χ2v) is 7.09. The van der Waals surface area contributed by atoms with Crippen LogP contribution < -0.4 is 15.5 Å². The summed E-state index contributed by atoms with van der Waals surface area (Å²) < 4.78 is 13.2. The lowest BCUT2D eigenvalue weighted by molar-refractivity contribution is -0.122. The minimum atomic E-state index is -0.572. The molecule has 0 aliphatic carbocycles. The molecule has 3 amide bonds. The maximum atomic E-state index is 13.2. The van der Waals surface area contributed by atoms with Crippen molar-refractivity contribution in [3.63, 3.8) is 0 Å². The van der Waals surface area contributed by atoms with Crippen LogP contribution in [0.25, 0.3) is 0 Å². The number of hydrogen-bond donors (Lipinski definition) is 2. The maximum Gasteiger partial charge on any atom is 0.274 e. The number of anilines is 3. The molecule has 8 heteroatoms. The number of carbonyl (C=O) groups excluding carboxylic acids is 3. The van der Waals surface area contributed by atoms with Gasteiger partial charge in [-0.05, 0) is 48.5 Å². The Bertz CT molecular complexity index is 1120. The Kier molecular flexibility index (Phi) is 5.70. The van der Waals surface area contributed by atoms with Gasteiger partial charge in [0.1, 0.15) is 11.5 Å². The fourth-order valence-electron chi connectivity index (χ4n) is 3.37. The van der Waals surface area contributed by atoms with E-state index < -0.39 is 17.6 Å². The third kappa shape index (κ3) is 4.58. The molecule has 0 saturated carbocycles. The SMILES string of the molecule is O=C(Nc1ccccc1NC(=O)[C@@H]1CC(=O)N(c2ccc(F)cc2)C1)c1ccccn1. The molecule has 2 N–H and O–H groups in total. The largest absolute Gasteiger partial charge is 0.324 e. The summed E-state index contributed by atoms with van der Waals surface area (Å²) in [4.78, 5) is 43.1. The summed E-state index contributed by atoms with van der Waals surface area (Å²) in [5.74, 6) is -1.91. The van der Waals surface area contributed by atoms with Gasteiger partial charge in [0.05, 0.1) is 17.3 Å². The lowest BCUT2D eigenvalue weighted by Crippen LogP contribution is -2.28. The van der Waals surface area contributed by atoms with E-state index in [0.29, 0.717) is 17.1 Å². The number of amides is 3. The topological polar surface area (TPSA) is 91.4 Å². The first kappa shape index (κ1) is 20.2. The summed E-state index contributed by atoms with van der Waals surface area (Å²) in [7, 11) is 0. The van der Waals surface area contributed by atoms with Gasteiger partial charge in [-0.15, -0.1) is 0 Å². The molecule has 3 aromatic rings. The second-order valence-electron chi connectivity index (χ2n) is 7.09. The highest BCUT2D eigenvalue weighted by Crippen LogP contribution is 2.28. The van der Waals surface area contributed by atoms with Crippen molar-refractivity contribution in [3.05, 3.63) is 84.4 Å². The highest BCUT2D eigenvalue weighted by molar-refractivity contribution is 6.08. The Morgan fingerprint density at radius 3 is 2.29 bits per heavy atom. The van der Waals surface area contributed by atoms with Gasteiger partial charge in [-0.3, -0.25) is 19.4 Å². The summed E-state index contributed by atoms with van der Waals surface area (Å²) in [5.41, 5.74) is 1.64. The van der Waals surface area contributed by atoms with Crippen LogP contribution in [0.4, 0.5) is 21.5 Å².